The van der Waals surface area contributed by atoms with Gasteiger partial charge in [-0.15, -0.1) is 0 Å². The van der Waals surface area contributed by atoms with Crippen LogP contribution in [0.4, 0.5) is 0 Å². The first-order valence-corrected chi connectivity index (χ1v) is 6.24. The van der Waals surface area contributed by atoms with Crippen molar-refractivity contribution in [2.75, 3.05) is 13.2 Å². The Balaban J connectivity index is 2.00. The molecule has 1 unspecified atom stereocenters. The van der Waals surface area contributed by atoms with Crippen LogP contribution >= 0.6 is 0 Å². The molecular weight excluding hydrogens is 228 g/mol. The molecule has 1 saturated heterocycles. The topological polar surface area (TPSA) is 38.7 Å². The van der Waals surface area contributed by atoms with E-state index in [4.69, 9.17) is 9.47 Å². The summed E-state index contributed by atoms with van der Waals surface area (Å²) in [5.74, 6) is 0.770. The molecule has 1 fully saturated rings. The Bertz CT molecular complexity index is 544. The Labute approximate surface area is 106 Å². The minimum absolute atomic E-state index is 0.00966. The van der Waals surface area contributed by atoms with Gasteiger partial charge in [0.2, 0.25) is 0 Å². The highest BCUT2D eigenvalue weighted by Gasteiger charge is 2.19. The smallest absolute Gasteiger partial charge is 0.126 e. The van der Waals surface area contributed by atoms with E-state index in [1.54, 1.807) is 0 Å². The summed E-state index contributed by atoms with van der Waals surface area (Å²) in [6.07, 6.45) is 1.02. The molecule has 0 bridgehead atoms. The van der Waals surface area contributed by atoms with E-state index >= 15 is 0 Å². The number of ether oxygens (including phenoxy) is 2. The molecule has 0 aliphatic carbocycles. The van der Waals surface area contributed by atoms with E-state index in [0.717, 1.165) is 35.1 Å². The van der Waals surface area contributed by atoms with Crippen molar-refractivity contribution in [3.63, 3.8) is 0 Å². The molecule has 2 aromatic rings. The number of rotatable bonds is 3. The Morgan fingerprint density at radius 2 is 2.11 bits per heavy atom. The molecule has 1 aliphatic rings. The van der Waals surface area contributed by atoms with Gasteiger partial charge in [0.1, 0.15) is 11.9 Å². The second kappa shape index (κ2) is 4.96. The van der Waals surface area contributed by atoms with Crippen molar-refractivity contribution in [3.8, 4) is 5.75 Å². The zero-order valence-electron chi connectivity index (χ0n) is 10.1. The number of aliphatic hydroxyl groups excluding tert-OH is 1. The van der Waals surface area contributed by atoms with Crippen LogP contribution in [0.1, 0.15) is 12.0 Å². The lowest BCUT2D eigenvalue weighted by atomic mass is 10.0. The molecule has 1 N–H and O–H groups in total. The normalized spacial score (nSPS) is 19.3. The quantitative estimate of drug-likeness (QED) is 0.901. The molecule has 0 saturated carbocycles. The predicted molar refractivity (Wildman–Crippen MR) is 69.7 cm³/mol. The summed E-state index contributed by atoms with van der Waals surface area (Å²) in [5.41, 5.74) is 0.861. The van der Waals surface area contributed by atoms with E-state index in [0.29, 0.717) is 6.61 Å². The van der Waals surface area contributed by atoms with Gasteiger partial charge in [-0.25, -0.2) is 0 Å². The minimum atomic E-state index is -0.00966. The molecule has 0 spiro atoms. The number of hydrogen-bond acceptors (Lipinski definition) is 3. The maximum atomic E-state index is 9.58. The average molecular weight is 244 g/mol. The molecule has 0 amide bonds. The average Bonchev–Trinajstić information content (AvgIpc) is 2.91. The summed E-state index contributed by atoms with van der Waals surface area (Å²) < 4.78 is 11.2. The minimum Gasteiger partial charge on any atom is -0.488 e. The molecule has 18 heavy (non-hydrogen) atoms. The molecule has 3 nitrogen and oxygen atoms in total. The monoisotopic (exact) mass is 244 g/mol. The Morgan fingerprint density at radius 1 is 1.22 bits per heavy atom. The predicted octanol–water partition coefficient (Wildman–Crippen LogP) is 2.50. The van der Waals surface area contributed by atoms with Gasteiger partial charge in [0.25, 0.3) is 0 Å². The van der Waals surface area contributed by atoms with Crippen molar-refractivity contribution in [2.45, 2.75) is 19.1 Å². The van der Waals surface area contributed by atoms with Crippen molar-refractivity contribution in [2.24, 2.45) is 0 Å². The lowest BCUT2D eigenvalue weighted by Gasteiger charge is -2.16. The van der Waals surface area contributed by atoms with E-state index < -0.39 is 0 Å². The first-order chi connectivity index (χ1) is 8.88. The summed E-state index contributed by atoms with van der Waals surface area (Å²) in [7, 11) is 0. The van der Waals surface area contributed by atoms with Crippen molar-refractivity contribution in [1.29, 1.82) is 0 Å². The van der Waals surface area contributed by atoms with E-state index in [1.165, 1.54) is 0 Å². The van der Waals surface area contributed by atoms with Crippen LogP contribution < -0.4 is 4.74 Å². The molecule has 1 aliphatic heterocycles. The molecule has 3 rings (SSSR count). The van der Waals surface area contributed by atoms with Crippen molar-refractivity contribution < 1.29 is 14.6 Å². The van der Waals surface area contributed by atoms with Gasteiger partial charge in [-0.05, 0) is 16.8 Å². The first kappa shape index (κ1) is 11.5. The van der Waals surface area contributed by atoms with Crippen LogP contribution in [0.2, 0.25) is 0 Å². The summed E-state index contributed by atoms with van der Waals surface area (Å²) >= 11 is 0. The number of aliphatic hydroxyl groups is 1. The van der Waals surface area contributed by atoms with Crippen LogP contribution in [0, 0.1) is 0 Å². The van der Waals surface area contributed by atoms with Gasteiger partial charge in [-0.1, -0.05) is 30.3 Å². The van der Waals surface area contributed by atoms with Crippen LogP contribution in [0.25, 0.3) is 10.8 Å². The lowest BCUT2D eigenvalue weighted by molar-refractivity contribution is 0.139. The molecule has 0 radical (unpaired) electrons. The van der Waals surface area contributed by atoms with E-state index in [1.807, 2.05) is 36.4 Å². The van der Waals surface area contributed by atoms with E-state index in [-0.39, 0.29) is 12.7 Å². The first-order valence-electron chi connectivity index (χ1n) is 6.24. The van der Waals surface area contributed by atoms with Gasteiger partial charge in [0.05, 0.1) is 19.8 Å². The summed E-state index contributed by atoms with van der Waals surface area (Å²) in [4.78, 5) is 0. The second-order valence-electron chi connectivity index (χ2n) is 4.52. The third kappa shape index (κ3) is 2.07. The maximum absolute atomic E-state index is 9.58. The molecule has 1 heterocycles. The highest BCUT2D eigenvalue weighted by molar-refractivity contribution is 5.87. The maximum Gasteiger partial charge on any atom is 0.126 e. The zero-order valence-corrected chi connectivity index (χ0v) is 10.1. The van der Waals surface area contributed by atoms with Gasteiger partial charge in [0.15, 0.2) is 0 Å². The summed E-state index contributed by atoms with van der Waals surface area (Å²) in [5, 5.41) is 11.8. The Kier molecular flexibility index (Phi) is 3.17. The molecule has 3 heteroatoms. The standard InChI is InChI=1S/C15H16O3/c16-9-14-13-4-2-1-3-11(13)5-6-15(14)18-12-7-8-17-10-12/h1-6,12,16H,7-10H2. The van der Waals surface area contributed by atoms with Crippen LogP contribution in [0.3, 0.4) is 0 Å². The van der Waals surface area contributed by atoms with Gasteiger partial charge in [-0.2, -0.15) is 0 Å². The molecule has 2 aromatic carbocycles. The SMILES string of the molecule is OCc1c(OC2CCOC2)ccc2ccccc12. The van der Waals surface area contributed by atoms with Crippen LogP contribution in [0.15, 0.2) is 36.4 Å². The molecule has 0 aromatic heterocycles. The van der Waals surface area contributed by atoms with Crippen LogP contribution in [-0.2, 0) is 11.3 Å². The third-order valence-electron chi connectivity index (χ3n) is 3.34. The van der Waals surface area contributed by atoms with Crippen molar-refractivity contribution >= 4 is 10.8 Å². The van der Waals surface area contributed by atoms with E-state index in [9.17, 15) is 5.11 Å². The fraction of sp³-hybridized carbons (Fsp3) is 0.333. The third-order valence-corrected chi connectivity index (χ3v) is 3.34. The highest BCUT2D eigenvalue weighted by atomic mass is 16.5. The lowest BCUT2D eigenvalue weighted by Crippen LogP contribution is -2.16. The Morgan fingerprint density at radius 3 is 2.89 bits per heavy atom. The summed E-state index contributed by atoms with van der Waals surface area (Å²) in [6, 6.07) is 12.0. The largest absolute Gasteiger partial charge is 0.488 e. The number of benzene rings is 2. The molecule has 94 valence electrons. The zero-order chi connectivity index (χ0) is 12.4. The van der Waals surface area contributed by atoms with Gasteiger partial charge >= 0.3 is 0 Å². The van der Waals surface area contributed by atoms with Crippen LogP contribution in [-0.4, -0.2) is 24.4 Å². The molecule has 1 atom stereocenters. The number of hydrogen-bond donors (Lipinski definition) is 1. The van der Waals surface area contributed by atoms with Crippen LogP contribution in [0.5, 0.6) is 5.75 Å². The fourth-order valence-corrected chi connectivity index (χ4v) is 2.37. The van der Waals surface area contributed by atoms with Gasteiger partial charge in [0, 0.05) is 12.0 Å². The van der Waals surface area contributed by atoms with Crippen molar-refractivity contribution in [1.82, 2.24) is 0 Å². The van der Waals surface area contributed by atoms with Gasteiger partial charge in [-0.3, -0.25) is 0 Å². The van der Waals surface area contributed by atoms with E-state index in [2.05, 4.69) is 0 Å². The highest BCUT2D eigenvalue weighted by Crippen LogP contribution is 2.29. The fourth-order valence-electron chi connectivity index (χ4n) is 2.37. The van der Waals surface area contributed by atoms with Gasteiger partial charge < -0.3 is 14.6 Å². The molecular formula is C15H16O3. The Hall–Kier alpha value is -1.58. The second-order valence-corrected chi connectivity index (χ2v) is 4.52. The summed E-state index contributed by atoms with van der Waals surface area (Å²) in [6.45, 7) is 1.38. The van der Waals surface area contributed by atoms with Crippen molar-refractivity contribution in [3.05, 3.63) is 42.0 Å². The number of fused-ring (bicyclic) bond motifs is 1.